The second-order valence-electron chi connectivity index (χ2n) is 7.13. The molecule has 4 rings (SSSR count). The molecule has 7 heteroatoms. The number of rotatable bonds is 5. The summed E-state index contributed by atoms with van der Waals surface area (Å²) in [5.74, 6) is 0.866. The van der Waals surface area contributed by atoms with E-state index in [0.717, 1.165) is 42.4 Å². The zero-order chi connectivity index (χ0) is 19.5. The van der Waals surface area contributed by atoms with E-state index in [0.29, 0.717) is 25.4 Å². The maximum atomic E-state index is 12.9. The summed E-state index contributed by atoms with van der Waals surface area (Å²) in [7, 11) is 0. The number of benzene rings is 1. The highest BCUT2D eigenvalue weighted by Gasteiger charge is 2.24. The Labute approximate surface area is 164 Å². The molecular formula is C21H25N5O2. The van der Waals surface area contributed by atoms with E-state index < -0.39 is 0 Å². The van der Waals surface area contributed by atoms with Crippen LogP contribution in [0.5, 0.6) is 5.75 Å². The highest BCUT2D eigenvalue weighted by Crippen LogP contribution is 2.13. The molecule has 0 aliphatic carbocycles. The molecule has 0 bridgehead atoms. The number of amides is 1. The molecular weight excluding hydrogens is 354 g/mol. The van der Waals surface area contributed by atoms with Crippen LogP contribution in [0.4, 0.5) is 0 Å². The van der Waals surface area contributed by atoms with Crippen LogP contribution in [0.1, 0.15) is 21.9 Å². The van der Waals surface area contributed by atoms with Gasteiger partial charge in [-0.1, -0.05) is 18.2 Å². The number of nitrogens with zero attached hydrogens (tertiary/aromatic N) is 5. The van der Waals surface area contributed by atoms with Crippen molar-refractivity contribution in [3.8, 4) is 5.75 Å². The smallest absolute Gasteiger partial charge is 0.274 e. The highest BCUT2D eigenvalue weighted by atomic mass is 16.5. The summed E-state index contributed by atoms with van der Waals surface area (Å²) in [5.41, 5.74) is 3.08. The summed E-state index contributed by atoms with van der Waals surface area (Å²) in [6.45, 7) is 8.50. The molecule has 7 nitrogen and oxygen atoms in total. The van der Waals surface area contributed by atoms with Crippen molar-refractivity contribution in [1.29, 1.82) is 0 Å². The van der Waals surface area contributed by atoms with Crippen LogP contribution in [0, 0.1) is 13.8 Å². The van der Waals surface area contributed by atoms with Gasteiger partial charge in [-0.15, -0.1) is 0 Å². The Morgan fingerprint density at radius 1 is 1.07 bits per heavy atom. The van der Waals surface area contributed by atoms with Crippen LogP contribution >= 0.6 is 0 Å². The number of para-hydroxylation sites is 1. The van der Waals surface area contributed by atoms with Gasteiger partial charge in [0.15, 0.2) is 11.3 Å². The number of ether oxygens (including phenoxy) is 1. The van der Waals surface area contributed by atoms with Gasteiger partial charge in [-0.05, 0) is 32.0 Å². The van der Waals surface area contributed by atoms with E-state index in [1.54, 1.807) is 10.6 Å². The fourth-order valence-electron chi connectivity index (χ4n) is 3.54. The first-order valence-corrected chi connectivity index (χ1v) is 9.64. The van der Waals surface area contributed by atoms with Gasteiger partial charge in [-0.3, -0.25) is 9.69 Å². The molecule has 0 saturated carbocycles. The molecule has 3 heterocycles. The van der Waals surface area contributed by atoms with Gasteiger partial charge in [0.1, 0.15) is 12.4 Å². The minimum Gasteiger partial charge on any atom is -0.492 e. The minimum absolute atomic E-state index is 0.0252. The largest absolute Gasteiger partial charge is 0.492 e. The van der Waals surface area contributed by atoms with E-state index in [1.807, 2.05) is 55.1 Å². The summed E-state index contributed by atoms with van der Waals surface area (Å²) in [4.78, 5) is 21.5. The molecule has 2 aromatic heterocycles. The van der Waals surface area contributed by atoms with Crippen molar-refractivity contribution in [3.05, 3.63) is 59.5 Å². The van der Waals surface area contributed by atoms with Crippen LogP contribution in [0.25, 0.3) is 5.65 Å². The molecule has 146 valence electrons. The monoisotopic (exact) mass is 379 g/mol. The zero-order valence-corrected chi connectivity index (χ0v) is 16.3. The lowest BCUT2D eigenvalue weighted by atomic mass is 10.2. The average molecular weight is 379 g/mol. The van der Waals surface area contributed by atoms with Crippen molar-refractivity contribution in [2.45, 2.75) is 13.8 Å². The molecule has 1 saturated heterocycles. The lowest BCUT2D eigenvalue weighted by Gasteiger charge is -2.34. The van der Waals surface area contributed by atoms with Crippen LogP contribution in [0.2, 0.25) is 0 Å². The maximum Gasteiger partial charge on any atom is 0.274 e. The molecule has 28 heavy (non-hydrogen) atoms. The van der Waals surface area contributed by atoms with E-state index in [1.165, 1.54) is 0 Å². The van der Waals surface area contributed by atoms with E-state index in [2.05, 4.69) is 15.0 Å². The van der Waals surface area contributed by atoms with Gasteiger partial charge >= 0.3 is 0 Å². The molecule has 0 radical (unpaired) electrons. The Balaban J connectivity index is 1.31. The lowest BCUT2D eigenvalue weighted by Crippen LogP contribution is -2.49. The van der Waals surface area contributed by atoms with Crippen LogP contribution in [0.3, 0.4) is 0 Å². The Hall–Kier alpha value is -2.93. The standard InChI is InChI=1S/C21H25N5O2/c1-16-14-17(2)26-20(22-16)15-19(23-26)21(27)25-10-8-24(9-11-25)12-13-28-18-6-4-3-5-7-18/h3-7,14-15H,8-13H2,1-2H3. The van der Waals surface area contributed by atoms with Gasteiger partial charge in [0, 0.05) is 50.2 Å². The average Bonchev–Trinajstić information content (AvgIpc) is 3.13. The van der Waals surface area contributed by atoms with Gasteiger partial charge in [0.2, 0.25) is 0 Å². The molecule has 0 unspecified atom stereocenters. The minimum atomic E-state index is -0.0252. The third-order valence-electron chi connectivity index (χ3n) is 5.03. The first-order valence-electron chi connectivity index (χ1n) is 9.64. The second-order valence-corrected chi connectivity index (χ2v) is 7.13. The number of aromatic nitrogens is 3. The third-order valence-corrected chi connectivity index (χ3v) is 5.03. The van der Waals surface area contributed by atoms with Gasteiger partial charge < -0.3 is 9.64 Å². The van der Waals surface area contributed by atoms with Crippen molar-refractivity contribution in [2.24, 2.45) is 0 Å². The first-order chi connectivity index (χ1) is 13.6. The number of hydrogen-bond donors (Lipinski definition) is 0. The number of carbonyl (C=O) groups is 1. The molecule has 0 spiro atoms. The highest BCUT2D eigenvalue weighted by molar-refractivity contribution is 5.93. The Kier molecular flexibility index (Phi) is 5.25. The molecule has 1 fully saturated rings. The summed E-state index contributed by atoms with van der Waals surface area (Å²) >= 11 is 0. The quantitative estimate of drug-likeness (QED) is 0.680. The molecule has 1 aliphatic rings. The maximum absolute atomic E-state index is 12.9. The first kappa shape index (κ1) is 18.4. The zero-order valence-electron chi connectivity index (χ0n) is 16.3. The lowest BCUT2D eigenvalue weighted by molar-refractivity contribution is 0.0614. The van der Waals surface area contributed by atoms with Gasteiger partial charge in [-0.2, -0.15) is 5.10 Å². The predicted octanol–water partition coefficient (Wildman–Crippen LogP) is 2.18. The van der Waals surface area contributed by atoms with Crippen molar-refractivity contribution in [2.75, 3.05) is 39.3 Å². The van der Waals surface area contributed by atoms with Crippen molar-refractivity contribution in [1.82, 2.24) is 24.4 Å². The fraction of sp³-hybridized carbons (Fsp3) is 0.381. The second kappa shape index (κ2) is 7.98. The number of hydrogen-bond acceptors (Lipinski definition) is 5. The molecule has 0 atom stereocenters. The summed E-state index contributed by atoms with van der Waals surface area (Å²) < 4.78 is 7.50. The summed E-state index contributed by atoms with van der Waals surface area (Å²) in [6, 6.07) is 13.6. The van der Waals surface area contributed by atoms with E-state index >= 15 is 0 Å². The third kappa shape index (κ3) is 3.99. The summed E-state index contributed by atoms with van der Waals surface area (Å²) in [5, 5.41) is 4.46. The summed E-state index contributed by atoms with van der Waals surface area (Å²) in [6.07, 6.45) is 0. The van der Waals surface area contributed by atoms with E-state index in [9.17, 15) is 4.79 Å². The van der Waals surface area contributed by atoms with Crippen LogP contribution in [-0.4, -0.2) is 69.6 Å². The molecule has 3 aromatic rings. The Morgan fingerprint density at radius 2 is 1.82 bits per heavy atom. The SMILES string of the molecule is Cc1cc(C)n2nc(C(=O)N3CCN(CCOc4ccccc4)CC3)cc2n1. The molecule has 0 N–H and O–H groups in total. The molecule has 1 amide bonds. The number of fused-ring (bicyclic) bond motifs is 1. The number of aryl methyl sites for hydroxylation is 2. The number of piperazine rings is 1. The van der Waals surface area contributed by atoms with E-state index in [4.69, 9.17) is 4.74 Å². The number of carbonyl (C=O) groups excluding carboxylic acids is 1. The van der Waals surface area contributed by atoms with Crippen molar-refractivity contribution >= 4 is 11.6 Å². The predicted molar refractivity (Wildman–Crippen MR) is 107 cm³/mol. The normalized spacial score (nSPS) is 15.1. The Bertz CT molecular complexity index is 962. The van der Waals surface area contributed by atoms with Crippen LogP contribution < -0.4 is 4.74 Å². The van der Waals surface area contributed by atoms with Crippen molar-refractivity contribution in [3.63, 3.8) is 0 Å². The van der Waals surface area contributed by atoms with Crippen LogP contribution in [-0.2, 0) is 0 Å². The fourth-order valence-corrected chi connectivity index (χ4v) is 3.54. The molecule has 1 aliphatic heterocycles. The van der Waals surface area contributed by atoms with Crippen LogP contribution in [0.15, 0.2) is 42.5 Å². The molecule has 1 aromatic carbocycles. The topological polar surface area (TPSA) is 63.0 Å². The van der Waals surface area contributed by atoms with Gasteiger partial charge in [0.05, 0.1) is 0 Å². The Morgan fingerprint density at radius 3 is 2.57 bits per heavy atom. The van der Waals surface area contributed by atoms with E-state index in [-0.39, 0.29) is 5.91 Å². The van der Waals surface area contributed by atoms with Crippen molar-refractivity contribution < 1.29 is 9.53 Å². The van der Waals surface area contributed by atoms with Gasteiger partial charge in [0.25, 0.3) is 5.91 Å². The van der Waals surface area contributed by atoms with Gasteiger partial charge in [-0.25, -0.2) is 9.50 Å².